The van der Waals surface area contributed by atoms with Gasteiger partial charge in [0, 0.05) is 32.4 Å². The van der Waals surface area contributed by atoms with Gasteiger partial charge < -0.3 is 14.6 Å². The number of halogens is 5. The predicted octanol–water partition coefficient (Wildman–Crippen LogP) is 2.89. The second-order valence-corrected chi connectivity index (χ2v) is 6.01. The fraction of sp³-hybridized carbons (Fsp3) is 0.733. The Kier molecular flexibility index (Phi) is 7.44. The molecule has 4 nitrogen and oxygen atoms in total. The zero-order valence-electron chi connectivity index (χ0n) is 13.6. The molecule has 9 heteroatoms. The predicted molar refractivity (Wildman–Crippen MR) is 91.2 cm³/mol. The van der Waals surface area contributed by atoms with Gasteiger partial charge in [0.25, 0.3) is 0 Å². The fourth-order valence-corrected chi connectivity index (χ4v) is 3.90. The molecule has 0 atom stereocenters. The van der Waals surface area contributed by atoms with Crippen LogP contribution in [0.4, 0.5) is 13.2 Å². The molecule has 0 radical (unpaired) electrons. The van der Waals surface area contributed by atoms with E-state index in [0.29, 0.717) is 19.7 Å². The lowest BCUT2D eigenvalue weighted by Gasteiger charge is -2.50. The van der Waals surface area contributed by atoms with E-state index in [4.69, 9.17) is 4.74 Å². The summed E-state index contributed by atoms with van der Waals surface area (Å²) in [5, 5.41) is 3.31. The molecule has 1 spiro atoms. The first-order valence-corrected chi connectivity index (χ1v) is 7.71. The zero-order chi connectivity index (χ0) is 15.8. The summed E-state index contributed by atoms with van der Waals surface area (Å²) in [7, 11) is 1.66. The third kappa shape index (κ3) is 3.70. The first kappa shape index (κ1) is 21.6. The van der Waals surface area contributed by atoms with Crippen LogP contribution in [0.1, 0.15) is 24.2 Å². The van der Waals surface area contributed by atoms with E-state index < -0.39 is 11.9 Å². The molecule has 0 aliphatic carbocycles. The number of piperidine rings is 1. The van der Waals surface area contributed by atoms with Crippen LogP contribution in [0.25, 0.3) is 0 Å². The molecule has 1 aromatic heterocycles. The van der Waals surface area contributed by atoms with E-state index >= 15 is 0 Å². The van der Waals surface area contributed by atoms with Gasteiger partial charge >= 0.3 is 6.18 Å². The van der Waals surface area contributed by atoms with E-state index in [1.54, 1.807) is 13.2 Å². The second kappa shape index (κ2) is 8.27. The largest absolute Gasteiger partial charge is 0.431 e. The minimum absolute atomic E-state index is 0. The van der Waals surface area contributed by atoms with Crippen LogP contribution in [0.5, 0.6) is 0 Å². The minimum Gasteiger partial charge on any atom is -0.383 e. The van der Waals surface area contributed by atoms with Crippen LogP contribution in [0.3, 0.4) is 0 Å². The van der Waals surface area contributed by atoms with E-state index in [2.05, 4.69) is 10.2 Å². The lowest BCUT2D eigenvalue weighted by Crippen LogP contribution is -2.57. The highest BCUT2D eigenvalue weighted by Gasteiger charge is 2.46. The van der Waals surface area contributed by atoms with Crippen LogP contribution >= 0.6 is 24.8 Å². The van der Waals surface area contributed by atoms with Gasteiger partial charge in [-0.3, -0.25) is 4.90 Å². The molecule has 1 aromatic rings. The molecule has 0 aromatic carbocycles. The number of nitrogens with one attached hydrogen (secondary N) is 1. The quantitative estimate of drug-likeness (QED) is 0.861. The summed E-state index contributed by atoms with van der Waals surface area (Å²) in [5.74, 6) is 0. The molecule has 3 rings (SSSR count). The van der Waals surface area contributed by atoms with Crippen LogP contribution in [0.15, 0.2) is 12.1 Å². The summed E-state index contributed by atoms with van der Waals surface area (Å²) in [6, 6.07) is 2.91. The fourth-order valence-electron chi connectivity index (χ4n) is 3.90. The van der Waals surface area contributed by atoms with Crippen molar-refractivity contribution < 1.29 is 17.9 Å². The number of alkyl halides is 3. The third-order valence-corrected chi connectivity index (χ3v) is 4.94. The van der Waals surface area contributed by atoms with Crippen LogP contribution in [0, 0.1) is 0 Å². The molecule has 0 amide bonds. The Hall–Kier alpha value is -0.470. The van der Waals surface area contributed by atoms with Gasteiger partial charge in [0.05, 0.1) is 12.1 Å². The molecule has 140 valence electrons. The highest BCUT2D eigenvalue weighted by atomic mass is 35.5. The molecule has 0 saturated carbocycles. The van der Waals surface area contributed by atoms with Crippen molar-refractivity contribution in [3.8, 4) is 0 Å². The van der Waals surface area contributed by atoms with Crippen molar-refractivity contribution in [2.45, 2.75) is 31.1 Å². The summed E-state index contributed by atoms with van der Waals surface area (Å²) < 4.78 is 46.3. The standard InChI is InChI=1S/C15H22F3N3O.2ClH/c1-22-11-10-20-8-9-21-12(2-3-13(21)15(16,17)18)14(20)4-6-19-7-5-14;;/h2-3,19H,4-11H2,1H3;2*1H. The van der Waals surface area contributed by atoms with Gasteiger partial charge in [0.1, 0.15) is 5.69 Å². The van der Waals surface area contributed by atoms with E-state index in [-0.39, 0.29) is 30.4 Å². The Morgan fingerprint density at radius 1 is 1.17 bits per heavy atom. The van der Waals surface area contributed by atoms with Crippen molar-refractivity contribution in [1.82, 2.24) is 14.8 Å². The van der Waals surface area contributed by atoms with Gasteiger partial charge in [0.15, 0.2) is 0 Å². The van der Waals surface area contributed by atoms with Crippen LogP contribution in [-0.4, -0.2) is 49.4 Å². The number of hydrogen-bond donors (Lipinski definition) is 1. The Morgan fingerprint density at radius 2 is 1.83 bits per heavy atom. The lowest BCUT2D eigenvalue weighted by atomic mass is 9.81. The number of nitrogens with zero attached hydrogens (tertiary/aromatic N) is 2. The lowest BCUT2D eigenvalue weighted by molar-refractivity contribution is -0.145. The zero-order valence-corrected chi connectivity index (χ0v) is 15.2. The number of fused-ring (bicyclic) bond motifs is 2. The molecule has 0 bridgehead atoms. The molecule has 1 N–H and O–H groups in total. The summed E-state index contributed by atoms with van der Waals surface area (Å²) in [4.78, 5) is 2.31. The monoisotopic (exact) mass is 389 g/mol. The third-order valence-electron chi connectivity index (χ3n) is 4.94. The van der Waals surface area contributed by atoms with Gasteiger partial charge in [-0.15, -0.1) is 24.8 Å². The van der Waals surface area contributed by atoms with Gasteiger partial charge in [-0.2, -0.15) is 13.2 Å². The summed E-state index contributed by atoms with van der Waals surface area (Å²) in [6.45, 7) is 4.03. The number of aromatic nitrogens is 1. The Bertz CT molecular complexity index is 531. The van der Waals surface area contributed by atoms with E-state index in [1.807, 2.05) is 0 Å². The molecular formula is C15H24Cl2F3N3O. The van der Waals surface area contributed by atoms with Crippen LogP contribution in [-0.2, 0) is 23.0 Å². The highest BCUT2D eigenvalue weighted by Crippen LogP contribution is 2.43. The van der Waals surface area contributed by atoms with Gasteiger partial charge in [0.2, 0.25) is 0 Å². The van der Waals surface area contributed by atoms with Gasteiger partial charge in [-0.05, 0) is 38.1 Å². The van der Waals surface area contributed by atoms with Crippen molar-refractivity contribution in [2.24, 2.45) is 0 Å². The van der Waals surface area contributed by atoms with Crippen molar-refractivity contribution in [2.75, 3.05) is 39.9 Å². The molecule has 1 saturated heterocycles. The Labute approximate surface area is 152 Å². The number of methoxy groups -OCH3 is 1. The minimum atomic E-state index is -4.29. The smallest absolute Gasteiger partial charge is 0.383 e. The Balaban J connectivity index is 0.00000144. The van der Waals surface area contributed by atoms with Crippen LogP contribution < -0.4 is 5.32 Å². The second-order valence-electron chi connectivity index (χ2n) is 6.01. The SMILES string of the molecule is COCCN1CCn2c(C(F)(F)F)ccc2C12CCNCC2.Cl.Cl. The molecule has 3 heterocycles. The maximum absolute atomic E-state index is 13.2. The summed E-state index contributed by atoms with van der Waals surface area (Å²) in [5.41, 5.74) is -0.0126. The number of ether oxygens (including phenoxy) is 1. The van der Waals surface area contributed by atoms with Crippen LogP contribution in [0.2, 0.25) is 0 Å². The number of hydrogen-bond acceptors (Lipinski definition) is 3. The van der Waals surface area contributed by atoms with Crippen molar-refractivity contribution in [1.29, 1.82) is 0 Å². The van der Waals surface area contributed by atoms with Crippen molar-refractivity contribution >= 4 is 24.8 Å². The molecule has 24 heavy (non-hydrogen) atoms. The molecule has 2 aliphatic rings. The average molecular weight is 390 g/mol. The molecule has 2 aliphatic heterocycles. The first-order valence-electron chi connectivity index (χ1n) is 7.71. The van der Waals surface area contributed by atoms with E-state index in [0.717, 1.165) is 38.2 Å². The normalized spacial score (nSPS) is 20.2. The maximum Gasteiger partial charge on any atom is 0.431 e. The summed E-state index contributed by atoms with van der Waals surface area (Å²) in [6.07, 6.45) is -2.63. The Morgan fingerprint density at radius 3 is 2.42 bits per heavy atom. The van der Waals surface area contributed by atoms with Crippen molar-refractivity contribution in [3.63, 3.8) is 0 Å². The number of rotatable bonds is 3. The van der Waals surface area contributed by atoms with Gasteiger partial charge in [-0.25, -0.2) is 0 Å². The summed E-state index contributed by atoms with van der Waals surface area (Å²) >= 11 is 0. The molecule has 1 fully saturated rings. The molecule has 0 unspecified atom stereocenters. The highest BCUT2D eigenvalue weighted by molar-refractivity contribution is 5.85. The van der Waals surface area contributed by atoms with E-state index in [1.165, 1.54) is 10.6 Å². The van der Waals surface area contributed by atoms with Gasteiger partial charge in [-0.1, -0.05) is 0 Å². The van der Waals surface area contributed by atoms with E-state index in [9.17, 15) is 13.2 Å². The molecular weight excluding hydrogens is 366 g/mol. The topological polar surface area (TPSA) is 29.4 Å². The average Bonchev–Trinajstić information content (AvgIpc) is 2.93. The first-order chi connectivity index (χ1) is 10.5. The maximum atomic E-state index is 13.2. The van der Waals surface area contributed by atoms with Crippen molar-refractivity contribution in [3.05, 3.63) is 23.5 Å².